The molecule has 2 N–H and O–H groups in total. The van der Waals surface area contributed by atoms with E-state index in [1.165, 1.54) is 24.3 Å². The van der Waals surface area contributed by atoms with Crippen LogP contribution in [0.2, 0.25) is 0 Å². The lowest BCUT2D eigenvalue weighted by Gasteiger charge is -2.49. The van der Waals surface area contributed by atoms with E-state index in [-0.39, 0.29) is 33.0 Å². The number of hydrogen-bond acceptors (Lipinski definition) is 7. The first-order valence-electron chi connectivity index (χ1n) is 12.8. The summed E-state index contributed by atoms with van der Waals surface area (Å²) in [6.07, 6.45) is 1.71. The summed E-state index contributed by atoms with van der Waals surface area (Å²) in [6, 6.07) is 12.2. The molecule has 5 rings (SSSR count). The maximum absolute atomic E-state index is 13.9. The van der Waals surface area contributed by atoms with Crippen molar-refractivity contribution in [2.24, 2.45) is 16.0 Å². The first-order chi connectivity index (χ1) is 18.1. The molecule has 204 valence electrons. The van der Waals surface area contributed by atoms with Gasteiger partial charge in [0, 0.05) is 59.1 Å². The van der Waals surface area contributed by atoms with Gasteiger partial charge >= 0.3 is 0 Å². The smallest absolute Gasteiger partial charge is 0.269 e. The van der Waals surface area contributed by atoms with Gasteiger partial charge in [-0.05, 0) is 53.5 Å². The molecule has 0 spiro atoms. The molecule has 3 aliphatic rings. The fourth-order valence-corrected chi connectivity index (χ4v) is 6.70. The molecule has 2 aromatic rings. The number of non-ortho nitro benzene ring substituents is 1. The van der Waals surface area contributed by atoms with Gasteiger partial charge in [0.05, 0.1) is 9.82 Å². The molecule has 0 atom stereocenters. The van der Waals surface area contributed by atoms with Gasteiger partial charge in [0.25, 0.3) is 5.69 Å². The molecule has 0 bridgehead atoms. The highest BCUT2D eigenvalue weighted by Gasteiger charge is 2.49. The van der Waals surface area contributed by atoms with Crippen LogP contribution in [0.25, 0.3) is 0 Å². The number of nitrogens with zero attached hydrogens (tertiary/aromatic N) is 2. The predicted molar refractivity (Wildman–Crippen MR) is 146 cm³/mol. The Bertz CT molecular complexity index is 1530. The Morgan fingerprint density at radius 1 is 0.821 bits per heavy atom. The Hall–Kier alpha value is -3.63. The summed E-state index contributed by atoms with van der Waals surface area (Å²) in [6.45, 7) is 8.10. The van der Waals surface area contributed by atoms with Gasteiger partial charge in [-0.3, -0.25) is 19.7 Å². The molecular formula is C29H31N3O6S. The number of sulfonamides is 1. The van der Waals surface area contributed by atoms with Gasteiger partial charge < -0.3 is 4.90 Å². The van der Waals surface area contributed by atoms with Gasteiger partial charge in [-0.15, -0.1) is 0 Å². The fourth-order valence-electron chi connectivity index (χ4n) is 6.18. The van der Waals surface area contributed by atoms with E-state index in [1.807, 2.05) is 32.6 Å². The molecule has 0 fully saturated rings. The van der Waals surface area contributed by atoms with E-state index in [0.29, 0.717) is 48.1 Å². The zero-order valence-corrected chi connectivity index (χ0v) is 23.2. The Labute approximate surface area is 227 Å². The maximum atomic E-state index is 13.9. The maximum Gasteiger partial charge on any atom is 0.269 e. The predicted octanol–water partition coefficient (Wildman–Crippen LogP) is 5.13. The number of carbonyl (C=O) groups is 2. The standard InChI is InChI=1S/C29H31N3O6S/c1-28(2)13-21-26(23(33)15-28)25(17-5-7-19(8-6-17)32(35)36)27-22(14-29(3,4)16-24(27)34)31(21)18-9-11-20(12-10-18)39(30,37)38/h5-12,25H,13-16H2,1-4H3,(H2,30,37,38). The Morgan fingerprint density at radius 2 is 1.28 bits per heavy atom. The normalized spacial score (nSPS) is 21.1. The molecule has 1 heterocycles. The molecule has 10 heteroatoms. The summed E-state index contributed by atoms with van der Waals surface area (Å²) in [5, 5.41) is 16.6. The SMILES string of the molecule is CC1(C)CC(=O)C2=C(C1)N(c1ccc(S(N)(=O)=O)cc1)C1=C(C(=O)CC(C)(C)C1)C2c1ccc([N+](=O)[O-])cc1. The molecule has 0 saturated heterocycles. The van der Waals surface area contributed by atoms with Crippen LogP contribution in [0.3, 0.4) is 0 Å². The first-order valence-corrected chi connectivity index (χ1v) is 14.3. The van der Waals surface area contributed by atoms with Gasteiger partial charge in [-0.2, -0.15) is 0 Å². The summed E-state index contributed by atoms with van der Waals surface area (Å²) in [5.41, 5.74) is 3.12. The van der Waals surface area contributed by atoms with Gasteiger partial charge in [-0.25, -0.2) is 13.6 Å². The van der Waals surface area contributed by atoms with E-state index in [1.54, 1.807) is 24.3 Å². The number of nitro benzene ring substituents is 1. The minimum absolute atomic E-state index is 0.0319. The lowest BCUT2D eigenvalue weighted by molar-refractivity contribution is -0.384. The molecule has 2 aliphatic carbocycles. The van der Waals surface area contributed by atoms with Gasteiger partial charge in [0.2, 0.25) is 10.0 Å². The topological polar surface area (TPSA) is 141 Å². The van der Waals surface area contributed by atoms with Crippen molar-refractivity contribution in [3.8, 4) is 0 Å². The minimum atomic E-state index is -3.90. The number of nitrogens with two attached hydrogens (primary N) is 1. The second-order valence-corrected chi connectivity index (χ2v) is 13.8. The van der Waals surface area contributed by atoms with Crippen LogP contribution in [0.15, 0.2) is 76.0 Å². The van der Waals surface area contributed by atoms with Gasteiger partial charge in [0.15, 0.2) is 11.6 Å². The van der Waals surface area contributed by atoms with Gasteiger partial charge in [-0.1, -0.05) is 39.8 Å². The lowest BCUT2D eigenvalue weighted by Crippen LogP contribution is -2.44. The third kappa shape index (κ3) is 4.83. The van der Waals surface area contributed by atoms with Crippen LogP contribution in [-0.2, 0) is 19.6 Å². The summed E-state index contributed by atoms with van der Waals surface area (Å²) >= 11 is 0. The molecule has 9 nitrogen and oxygen atoms in total. The minimum Gasteiger partial charge on any atom is -0.317 e. The number of Topliss-reactive ketones (excluding diaryl/α,β-unsaturated/α-hetero) is 2. The average Bonchev–Trinajstić information content (AvgIpc) is 2.81. The molecule has 0 radical (unpaired) electrons. The van der Waals surface area contributed by atoms with Gasteiger partial charge in [0.1, 0.15) is 0 Å². The van der Waals surface area contributed by atoms with E-state index in [2.05, 4.69) is 0 Å². The number of ketones is 2. The van der Waals surface area contributed by atoms with Crippen LogP contribution in [0, 0.1) is 20.9 Å². The number of primary sulfonamides is 1. The Kier molecular flexibility index (Phi) is 6.19. The quantitative estimate of drug-likeness (QED) is 0.412. The largest absolute Gasteiger partial charge is 0.317 e. The van der Waals surface area contributed by atoms with Crippen LogP contribution in [0.5, 0.6) is 0 Å². The number of anilines is 1. The van der Waals surface area contributed by atoms with Crippen molar-refractivity contribution in [3.05, 3.63) is 86.7 Å². The molecule has 2 aromatic carbocycles. The van der Waals surface area contributed by atoms with E-state index < -0.39 is 20.9 Å². The van der Waals surface area contributed by atoms with E-state index >= 15 is 0 Å². The van der Waals surface area contributed by atoms with Crippen molar-refractivity contribution in [2.45, 2.75) is 64.2 Å². The van der Waals surface area contributed by atoms with Crippen LogP contribution < -0.4 is 10.0 Å². The molecular weight excluding hydrogens is 518 g/mol. The van der Waals surface area contributed by atoms with Crippen molar-refractivity contribution in [1.82, 2.24) is 0 Å². The number of allylic oxidation sites excluding steroid dienone is 4. The van der Waals surface area contributed by atoms with Crippen LogP contribution in [0.1, 0.15) is 64.9 Å². The van der Waals surface area contributed by atoms with Crippen molar-refractivity contribution in [1.29, 1.82) is 0 Å². The van der Waals surface area contributed by atoms with Crippen molar-refractivity contribution in [3.63, 3.8) is 0 Å². The molecule has 0 saturated carbocycles. The average molecular weight is 550 g/mol. The zero-order valence-electron chi connectivity index (χ0n) is 22.4. The Balaban J connectivity index is 1.79. The second-order valence-electron chi connectivity index (χ2n) is 12.3. The fraction of sp³-hybridized carbons (Fsp3) is 0.379. The van der Waals surface area contributed by atoms with Crippen molar-refractivity contribution < 1.29 is 22.9 Å². The second kappa shape index (κ2) is 8.96. The van der Waals surface area contributed by atoms with Crippen LogP contribution in [0.4, 0.5) is 11.4 Å². The highest BCUT2D eigenvalue weighted by molar-refractivity contribution is 7.89. The van der Waals surface area contributed by atoms with E-state index in [4.69, 9.17) is 5.14 Å². The Morgan fingerprint density at radius 3 is 1.69 bits per heavy atom. The van der Waals surface area contributed by atoms with Crippen LogP contribution in [-0.4, -0.2) is 24.9 Å². The molecule has 39 heavy (non-hydrogen) atoms. The summed E-state index contributed by atoms with van der Waals surface area (Å²) in [7, 11) is -3.90. The third-order valence-corrected chi connectivity index (χ3v) is 8.70. The number of rotatable bonds is 4. The number of nitro groups is 1. The number of carbonyl (C=O) groups excluding carboxylic acids is 2. The molecule has 0 aromatic heterocycles. The third-order valence-electron chi connectivity index (χ3n) is 7.77. The van der Waals surface area contributed by atoms with Crippen molar-refractivity contribution >= 4 is 33.0 Å². The summed E-state index contributed by atoms with van der Waals surface area (Å²) in [5.74, 6) is -0.775. The molecule has 0 amide bonds. The molecule has 1 aliphatic heterocycles. The monoisotopic (exact) mass is 549 g/mol. The highest BCUT2D eigenvalue weighted by atomic mass is 32.2. The lowest BCUT2D eigenvalue weighted by atomic mass is 9.63. The summed E-state index contributed by atoms with van der Waals surface area (Å²) in [4.78, 5) is 40.5. The van der Waals surface area contributed by atoms with E-state index in [0.717, 1.165) is 11.4 Å². The summed E-state index contributed by atoms with van der Waals surface area (Å²) < 4.78 is 23.8. The van der Waals surface area contributed by atoms with Crippen molar-refractivity contribution in [2.75, 3.05) is 4.90 Å². The first kappa shape index (κ1) is 27.0. The number of benzene rings is 2. The highest BCUT2D eigenvalue weighted by Crippen LogP contribution is 2.55. The zero-order chi connectivity index (χ0) is 28.5. The van der Waals surface area contributed by atoms with E-state index in [9.17, 15) is 28.1 Å². The van der Waals surface area contributed by atoms with Crippen LogP contribution >= 0.6 is 0 Å². The number of hydrogen-bond donors (Lipinski definition) is 1. The molecule has 0 unspecified atom stereocenters.